The first kappa shape index (κ1) is 18.2. The first-order chi connectivity index (χ1) is 11.0. The molecule has 23 heavy (non-hydrogen) atoms. The summed E-state index contributed by atoms with van der Waals surface area (Å²) in [6.07, 6.45) is 2.20. The van der Waals surface area contributed by atoms with Crippen LogP contribution in [0.1, 0.15) is 31.2 Å². The van der Waals surface area contributed by atoms with Crippen molar-refractivity contribution in [3.63, 3.8) is 0 Å². The summed E-state index contributed by atoms with van der Waals surface area (Å²) in [6.45, 7) is 5.70. The molecule has 1 aliphatic rings. The molecule has 0 bridgehead atoms. The van der Waals surface area contributed by atoms with Gasteiger partial charge in [0.2, 0.25) is 5.91 Å². The van der Waals surface area contributed by atoms with Crippen molar-refractivity contribution in [1.82, 2.24) is 15.1 Å². The minimum Gasteiger partial charge on any atom is -0.348 e. The number of likely N-dealkylation sites (tertiary alicyclic amines) is 1. The number of benzene rings is 1. The Hall–Kier alpha value is -1.10. The molecule has 2 rings (SSSR count). The van der Waals surface area contributed by atoms with Gasteiger partial charge in [-0.3, -0.25) is 9.69 Å². The van der Waals surface area contributed by atoms with E-state index in [4.69, 9.17) is 11.6 Å². The molecule has 1 saturated heterocycles. The molecule has 1 amide bonds. The van der Waals surface area contributed by atoms with Crippen LogP contribution < -0.4 is 5.32 Å². The van der Waals surface area contributed by atoms with E-state index in [1.54, 1.807) is 4.90 Å². The van der Waals surface area contributed by atoms with Crippen LogP contribution in [0.4, 0.5) is 0 Å². The SMILES string of the molecule is C[C@H](CNC1CCN(CC(=O)N(C)C)CC1)c1cccc(Cl)c1. The van der Waals surface area contributed by atoms with Gasteiger partial charge in [0.1, 0.15) is 0 Å². The third-order valence-electron chi connectivity index (χ3n) is 4.58. The molecule has 128 valence electrons. The molecule has 1 aliphatic heterocycles. The van der Waals surface area contributed by atoms with Crippen molar-refractivity contribution >= 4 is 17.5 Å². The summed E-state index contributed by atoms with van der Waals surface area (Å²) in [5.41, 5.74) is 1.28. The Balaban J connectivity index is 1.71. The van der Waals surface area contributed by atoms with E-state index in [0.717, 1.165) is 37.5 Å². The highest BCUT2D eigenvalue weighted by Gasteiger charge is 2.21. The zero-order valence-electron chi connectivity index (χ0n) is 14.4. The highest BCUT2D eigenvalue weighted by molar-refractivity contribution is 6.30. The standard InChI is InChI=1S/C18H28ClN3O/c1-14(15-5-4-6-16(19)11-15)12-20-17-7-9-22(10-8-17)13-18(23)21(2)3/h4-6,11,14,17,20H,7-10,12-13H2,1-3H3/t14-/m1/s1. The van der Waals surface area contributed by atoms with Crippen LogP contribution in [-0.4, -0.2) is 62.0 Å². The normalized spacial score (nSPS) is 17.9. The molecule has 0 radical (unpaired) electrons. The number of nitrogens with zero attached hydrogens (tertiary/aromatic N) is 2. The van der Waals surface area contributed by atoms with Gasteiger partial charge in [-0.15, -0.1) is 0 Å². The fraction of sp³-hybridized carbons (Fsp3) is 0.611. The number of rotatable bonds is 6. The zero-order chi connectivity index (χ0) is 16.8. The topological polar surface area (TPSA) is 35.6 Å². The van der Waals surface area contributed by atoms with E-state index >= 15 is 0 Å². The predicted octanol–water partition coefficient (Wildman–Crippen LogP) is 2.59. The summed E-state index contributed by atoms with van der Waals surface area (Å²) in [4.78, 5) is 15.7. The number of nitrogens with one attached hydrogen (secondary N) is 1. The Morgan fingerprint density at radius 3 is 2.70 bits per heavy atom. The minimum absolute atomic E-state index is 0.186. The smallest absolute Gasteiger partial charge is 0.236 e. The summed E-state index contributed by atoms with van der Waals surface area (Å²) < 4.78 is 0. The number of piperidine rings is 1. The maximum absolute atomic E-state index is 11.7. The number of carbonyl (C=O) groups excluding carboxylic acids is 1. The molecule has 0 aromatic heterocycles. The summed E-state index contributed by atoms with van der Waals surface area (Å²) in [6, 6.07) is 8.64. The van der Waals surface area contributed by atoms with Gasteiger partial charge in [-0.05, 0) is 36.5 Å². The number of hydrogen-bond acceptors (Lipinski definition) is 3. The molecule has 0 spiro atoms. The van der Waals surface area contributed by atoms with Crippen molar-refractivity contribution in [3.8, 4) is 0 Å². The van der Waals surface area contributed by atoms with Crippen LogP contribution in [0.25, 0.3) is 0 Å². The Morgan fingerprint density at radius 1 is 1.39 bits per heavy atom. The second-order valence-electron chi connectivity index (χ2n) is 6.70. The Morgan fingerprint density at radius 2 is 2.09 bits per heavy atom. The Kier molecular flexibility index (Phi) is 6.88. The van der Waals surface area contributed by atoms with Crippen LogP contribution in [0.15, 0.2) is 24.3 Å². The number of carbonyl (C=O) groups is 1. The van der Waals surface area contributed by atoms with Crippen LogP contribution in [-0.2, 0) is 4.79 Å². The minimum atomic E-state index is 0.186. The molecule has 5 heteroatoms. The lowest BCUT2D eigenvalue weighted by molar-refractivity contribution is -0.130. The van der Waals surface area contributed by atoms with Crippen LogP contribution in [0.5, 0.6) is 0 Å². The van der Waals surface area contributed by atoms with E-state index in [-0.39, 0.29) is 5.91 Å². The zero-order valence-corrected chi connectivity index (χ0v) is 15.1. The molecule has 4 nitrogen and oxygen atoms in total. The molecular weight excluding hydrogens is 310 g/mol. The summed E-state index contributed by atoms with van der Waals surface area (Å²) in [5, 5.41) is 4.47. The van der Waals surface area contributed by atoms with Crippen molar-refractivity contribution in [3.05, 3.63) is 34.9 Å². The van der Waals surface area contributed by atoms with Gasteiger partial charge in [0.25, 0.3) is 0 Å². The molecule has 1 atom stereocenters. The second-order valence-corrected chi connectivity index (χ2v) is 7.14. The van der Waals surface area contributed by atoms with Crippen molar-refractivity contribution in [2.75, 3.05) is 40.3 Å². The third-order valence-corrected chi connectivity index (χ3v) is 4.81. The van der Waals surface area contributed by atoms with Gasteiger partial charge in [0.05, 0.1) is 6.54 Å². The van der Waals surface area contributed by atoms with E-state index in [1.165, 1.54) is 5.56 Å². The molecule has 1 aromatic rings. The largest absolute Gasteiger partial charge is 0.348 e. The maximum Gasteiger partial charge on any atom is 0.236 e. The molecule has 1 fully saturated rings. The number of amides is 1. The molecule has 1 aromatic carbocycles. The molecule has 0 unspecified atom stereocenters. The highest BCUT2D eigenvalue weighted by atomic mass is 35.5. The van der Waals surface area contributed by atoms with E-state index in [9.17, 15) is 4.79 Å². The average Bonchev–Trinajstić information content (AvgIpc) is 2.53. The third kappa shape index (κ3) is 5.79. The summed E-state index contributed by atoms with van der Waals surface area (Å²) in [7, 11) is 3.63. The van der Waals surface area contributed by atoms with Crippen molar-refractivity contribution in [1.29, 1.82) is 0 Å². The van der Waals surface area contributed by atoms with E-state index < -0.39 is 0 Å². The van der Waals surface area contributed by atoms with E-state index in [1.807, 2.05) is 32.3 Å². The highest BCUT2D eigenvalue weighted by Crippen LogP contribution is 2.19. The Labute approximate surface area is 144 Å². The van der Waals surface area contributed by atoms with Crippen LogP contribution in [0.3, 0.4) is 0 Å². The van der Waals surface area contributed by atoms with Gasteiger partial charge in [0.15, 0.2) is 0 Å². The molecular formula is C18H28ClN3O. The fourth-order valence-corrected chi connectivity index (χ4v) is 3.10. The lowest BCUT2D eigenvalue weighted by Gasteiger charge is -2.33. The molecule has 0 aliphatic carbocycles. The quantitative estimate of drug-likeness (QED) is 0.866. The van der Waals surface area contributed by atoms with Crippen LogP contribution >= 0.6 is 11.6 Å². The van der Waals surface area contributed by atoms with Crippen molar-refractivity contribution in [2.24, 2.45) is 0 Å². The molecule has 1 N–H and O–H groups in total. The van der Waals surface area contributed by atoms with Gasteiger partial charge in [-0.25, -0.2) is 0 Å². The fourth-order valence-electron chi connectivity index (χ4n) is 2.90. The monoisotopic (exact) mass is 337 g/mol. The lowest BCUT2D eigenvalue weighted by atomic mass is 9.99. The van der Waals surface area contributed by atoms with Crippen LogP contribution in [0, 0.1) is 0 Å². The van der Waals surface area contributed by atoms with Gasteiger partial charge < -0.3 is 10.2 Å². The van der Waals surface area contributed by atoms with Gasteiger partial charge in [0, 0.05) is 44.8 Å². The first-order valence-electron chi connectivity index (χ1n) is 8.37. The number of hydrogen-bond donors (Lipinski definition) is 1. The summed E-state index contributed by atoms with van der Waals surface area (Å²) >= 11 is 6.06. The number of halogens is 1. The number of likely N-dealkylation sites (N-methyl/N-ethyl adjacent to an activating group) is 1. The first-order valence-corrected chi connectivity index (χ1v) is 8.75. The van der Waals surface area contributed by atoms with Gasteiger partial charge >= 0.3 is 0 Å². The average molecular weight is 338 g/mol. The molecule has 0 saturated carbocycles. The molecule has 1 heterocycles. The predicted molar refractivity (Wildman–Crippen MR) is 96.0 cm³/mol. The van der Waals surface area contributed by atoms with Crippen molar-refractivity contribution < 1.29 is 4.79 Å². The van der Waals surface area contributed by atoms with E-state index in [0.29, 0.717) is 18.5 Å². The van der Waals surface area contributed by atoms with Crippen LogP contribution in [0.2, 0.25) is 5.02 Å². The maximum atomic E-state index is 11.7. The van der Waals surface area contributed by atoms with Gasteiger partial charge in [-0.1, -0.05) is 30.7 Å². The second kappa shape index (κ2) is 8.67. The van der Waals surface area contributed by atoms with E-state index in [2.05, 4.69) is 23.2 Å². The summed E-state index contributed by atoms with van der Waals surface area (Å²) in [5.74, 6) is 0.632. The lowest BCUT2D eigenvalue weighted by Crippen LogP contribution is -2.46. The Bertz CT molecular complexity index is 513. The van der Waals surface area contributed by atoms with Crippen molar-refractivity contribution in [2.45, 2.75) is 31.7 Å². The van der Waals surface area contributed by atoms with Gasteiger partial charge in [-0.2, -0.15) is 0 Å².